The smallest absolute Gasteiger partial charge is 0.122 e. The average Bonchev–Trinajstić information content (AvgIpc) is 2.95. The third kappa shape index (κ3) is 3.31. The number of hydrogen-bond acceptors (Lipinski definition) is 3. The molecule has 0 spiro atoms. The van der Waals surface area contributed by atoms with E-state index in [9.17, 15) is 0 Å². The first kappa shape index (κ1) is 14.2. The van der Waals surface area contributed by atoms with E-state index in [1.807, 2.05) is 37.4 Å². The fourth-order valence-corrected chi connectivity index (χ4v) is 2.69. The number of ether oxygens (including phenoxy) is 2. The molecule has 0 aromatic heterocycles. The van der Waals surface area contributed by atoms with Crippen LogP contribution in [-0.2, 0) is 6.42 Å². The van der Waals surface area contributed by atoms with Crippen LogP contribution in [0.4, 0.5) is 0 Å². The molecule has 0 fully saturated rings. The Morgan fingerprint density at radius 3 is 3.00 bits per heavy atom. The normalized spacial score (nSPS) is 14.4. The number of hydrogen-bond donors (Lipinski definition) is 1. The highest BCUT2D eigenvalue weighted by molar-refractivity contribution is 6.30. The van der Waals surface area contributed by atoms with E-state index in [0.717, 1.165) is 24.5 Å². The van der Waals surface area contributed by atoms with Crippen LogP contribution in [0.15, 0.2) is 42.5 Å². The second kappa shape index (κ2) is 6.37. The summed E-state index contributed by atoms with van der Waals surface area (Å²) < 4.78 is 11.4. The molecule has 1 atom stereocenters. The lowest BCUT2D eigenvalue weighted by molar-refractivity contribution is 0.273. The van der Waals surface area contributed by atoms with Crippen molar-refractivity contribution in [2.24, 2.45) is 0 Å². The van der Waals surface area contributed by atoms with Crippen molar-refractivity contribution in [2.75, 3.05) is 20.3 Å². The highest BCUT2D eigenvalue weighted by atomic mass is 35.5. The molecule has 1 unspecified atom stereocenters. The molecule has 3 rings (SSSR count). The second-order valence-corrected chi connectivity index (χ2v) is 5.51. The van der Waals surface area contributed by atoms with Gasteiger partial charge >= 0.3 is 0 Å². The summed E-state index contributed by atoms with van der Waals surface area (Å²) in [6.45, 7) is 1.33. The molecular weight excluding hydrogens is 286 g/mol. The molecule has 21 heavy (non-hydrogen) atoms. The van der Waals surface area contributed by atoms with Gasteiger partial charge in [-0.1, -0.05) is 29.8 Å². The minimum absolute atomic E-state index is 0.134. The fourth-order valence-electron chi connectivity index (χ4n) is 2.51. The van der Waals surface area contributed by atoms with Crippen LogP contribution in [0, 0.1) is 0 Å². The molecule has 3 nitrogen and oxygen atoms in total. The number of halogens is 1. The number of nitrogens with one attached hydrogen (secondary N) is 1. The maximum absolute atomic E-state index is 5.97. The minimum atomic E-state index is 0.134. The Morgan fingerprint density at radius 1 is 1.29 bits per heavy atom. The van der Waals surface area contributed by atoms with Crippen LogP contribution >= 0.6 is 11.6 Å². The van der Waals surface area contributed by atoms with Crippen molar-refractivity contribution in [1.82, 2.24) is 5.32 Å². The van der Waals surface area contributed by atoms with Crippen LogP contribution in [0.3, 0.4) is 0 Å². The van der Waals surface area contributed by atoms with Crippen molar-refractivity contribution in [3.05, 3.63) is 58.6 Å². The maximum Gasteiger partial charge on any atom is 0.122 e. The molecule has 1 heterocycles. The highest BCUT2D eigenvalue weighted by Gasteiger charge is 2.16. The number of likely N-dealkylation sites (N-methyl/N-ethyl adjacent to an activating group) is 1. The van der Waals surface area contributed by atoms with Gasteiger partial charge in [0.1, 0.15) is 18.1 Å². The summed E-state index contributed by atoms with van der Waals surface area (Å²) in [4.78, 5) is 0. The van der Waals surface area contributed by atoms with E-state index < -0.39 is 0 Å². The zero-order valence-corrected chi connectivity index (χ0v) is 12.7. The molecule has 0 aliphatic carbocycles. The van der Waals surface area contributed by atoms with E-state index in [1.54, 1.807) is 0 Å². The third-order valence-electron chi connectivity index (χ3n) is 3.68. The third-order valence-corrected chi connectivity index (χ3v) is 3.91. The number of benzene rings is 2. The van der Waals surface area contributed by atoms with E-state index in [1.165, 1.54) is 11.1 Å². The van der Waals surface area contributed by atoms with Crippen molar-refractivity contribution in [3.8, 4) is 11.5 Å². The van der Waals surface area contributed by atoms with Crippen LogP contribution < -0.4 is 14.8 Å². The van der Waals surface area contributed by atoms with Crippen LogP contribution in [-0.4, -0.2) is 20.3 Å². The Kier molecular flexibility index (Phi) is 4.32. The van der Waals surface area contributed by atoms with E-state index in [2.05, 4.69) is 17.4 Å². The summed E-state index contributed by atoms with van der Waals surface area (Å²) in [5.74, 6) is 1.79. The van der Waals surface area contributed by atoms with E-state index in [0.29, 0.717) is 11.6 Å². The topological polar surface area (TPSA) is 30.5 Å². The van der Waals surface area contributed by atoms with Crippen LogP contribution in [0.5, 0.6) is 11.5 Å². The molecular formula is C17H18ClNO2. The second-order valence-electron chi connectivity index (χ2n) is 5.08. The molecule has 0 amide bonds. The first-order chi connectivity index (χ1) is 10.3. The van der Waals surface area contributed by atoms with Gasteiger partial charge in [-0.3, -0.25) is 0 Å². The lowest BCUT2D eigenvalue weighted by atomic mass is 10.0. The molecule has 1 aliphatic rings. The van der Waals surface area contributed by atoms with Gasteiger partial charge in [0.2, 0.25) is 0 Å². The Hall–Kier alpha value is -1.71. The molecule has 0 bridgehead atoms. The minimum Gasteiger partial charge on any atom is -0.493 e. The maximum atomic E-state index is 5.97. The molecule has 1 N–H and O–H groups in total. The Balaban J connectivity index is 1.70. The van der Waals surface area contributed by atoms with Gasteiger partial charge in [-0.05, 0) is 42.4 Å². The van der Waals surface area contributed by atoms with E-state index >= 15 is 0 Å². The lowest BCUT2D eigenvalue weighted by Crippen LogP contribution is -2.23. The summed E-state index contributed by atoms with van der Waals surface area (Å²) in [6, 6.07) is 13.9. The molecule has 0 saturated heterocycles. The average molecular weight is 304 g/mol. The summed E-state index contributed by atoms with van der Waals surface area (Å²) in [5.41, 5.74) is 2.49. The number of rotatable bonds is 5. The highest BCUT2D eigenvalue weighted by Crippen LogP contribution is 2.28. The SMILES string of the molecule is CNC(COc1cccc(Cl)c1)c1ccc2c(c1)CCO2. The molecule has 2 aromatic carbocycles. The van der Waals surface area contributed by atoms with E-state index in [4.69, 9.17) is 21.1 Å². The predicted molar refractivity (Wildman–Crippen MR) is 84.4 cm³/mol. The molecule has 2 aromatic rings. The quantitative estimate of drug-likeness (QED) is 0.915. The van der Waals surface area contributed by atoms with Crippen LogP contribution in [0.2, 0.25) is 5.02 Å². The van der Waals surface area contributed by atoms with Crippen molar-refractivity contribution in [1.29, 1.82) is 0 Å². The molecule has 0 radical (unpaired) electrons. The van der Waals surface area contributed by atoms with Gasteiger partial charge in [0.15, 0.2) is 0 Å². The fraction of sp³-hybridized carbons (Fsp3) is 0.294. The van der Waals surface area contributed by atoms with Crippen molar-refractivity contribution in [3.63, 3.8) is 0 Å². The van der Waals surface area contributed by atoms with Gasteiger partial charge in [-0.15, -0.1) is 0 Å². The molecule has 4 heteroatoms. The molecule has 0 saturated carbocycles. The zero-order valence-electron chi connectivity index (χ0n) is 11.9. The largest absolute Gasteiger partial charge is 0.493 e. The summed E-state index contributed by atoms with van der Waals surface area (Å²) in [6.07, 6.45) is 0.981. The molecule has 110 valence electrons. The predicted octanol–water partition coefficient (Wildman–Crippen LogP) is 3.61. The summed E-state index contributed by atoms with van der Waals surface area (Å²) in [7, 11) is 1.94. The molecule has 1 aliphatic heterocycles. The Morgan fingerprint density at radius 2 is 2.19 bits per heavy atom. The number of fused-ring (bicyclic) bond motifs is 1. The summed E-state index contributed by atoms with van der Waals surface area (Å²) in [5, 5.41) is 3.98. The van der Waals surface area contributed by atoms with Crippen molar-refractivity contribution >= 4 is 11.6 Å². The van der Waals surface area contributed by atoms with Crippen LogP contribution in [0.25, 0.3) is 0 Å². The van der Waals surface area contributed by atoms with Gasteiger partial charge in [0, 0.05) is 11.4 Å². The Labute approximate surface area is 129 Å². The van der Waals surface area contributed by atoms with Gasteiger partial charge in [-0.2, -0.15) is 0 Å². The summed E-state index contributed by atoms with van der Waals surface area (Å²) >= 11 is 5.97. The first-order valence-corrected chi connectivity index (χ1v) is 7.45. The first-order valence-electron chi connectivity index (χ1n) is 7.07. The zero-order chi connectivity index (χ0) is 14.7. The van der Waals surface area contributed by atoms with Gasteiger partial charge in [-0.25, -0.2) is 0 Å². The van der Waals surface area contributed by atoms with Gasteiger partial charge in [0.25, 0.3) is 0 Å². The Bertz CT molecular complexity index is 630. The standard InChI is InChI=1S/C17H18ClNO2/c1-19-16(11-21-15-4-2-3-14(18)10-15)12-5-6-17-13(9-12)7-8-20-17/h2-6,9-10,16,19H,7-8,11H2,1H3. The van der Waals surface area contributed by atoms with Crippen molar-refractivity contribution < 1.29 is 9.47 Å². The van der Waals surface area contributed by atoms with Crippen molar-refractivity contribution in [2.45, 2.75) is 12.5 Å². The van der Waals surface area contributed by atoms with Crippen LogP contribution in [0.1, 0.15) is 17.2 Å². The van der Waals surface area contributed by atoms with Gasteiger partial charge < -0.3 is 14.8 Å². The van der Waals surface area contributed by atoms with E-state index in [-0.39, 0.29) is 6.04 Å². The lowest BCUT2D eigenvalue weighted by Gasteiger charge is -2.18. The monoisotopic (exact) mass is 303 g/mol. The van der Waals surface area contributed by atoms with Gasteiger partial charge in [0.05, 0.1) is 12.6 Å².